The Labute approximate surface area is 98.9 Å². The molecule has 5 heteroatoms. The molecular formula is C12H13N5. The standard InChI is InChI=1S/C12H13N5/c13-8-3-1-7(2-4-8)12-16-10-6-15-5-9(10)11(14)17-12/h1-4,15H,5-6,13H2,(H2,14,16,17). The summed E-state index contributed by atoms with van der Waals surface area (Å²) in [5, 5.41) is 3.21. The zero-order valence-electron chi connectivity index (χ0n) is 9.27. The Morgan fingerprint density at radius 2 is 1.76 bits per heavy atom. The first-order valence-electron chi connectivity index (χ1n) is 5.46. The highest BCUT2D eigenvalue weighted by atomic mass is 15.0. The van der Waals surface area contributed by atoms with Gasteiger partial charge in [0.15, 0.2) is 5.82 Å². The average Bonchev–Trinajstić information content (AvgIpc) is 2.78. The number of anilines is 2. The van der Waals surface area contributed by atoms with Crippen LogP contribution in [-0.4, -0.2) is 9.97 Å². The normalized spacial score (nSPS) is 13.6. The van der Waals surface area contributed by atoms with E-state index in [9.17, 15) is 0 Å². The van der Waals surface area contributed by atoms with Crippen molar-refractivity contribution in [1.29, 1.82) is 0 Å². The Bertz CT molecular complexity index is 562. The second-order valence-corrected chi connectivity index (χ2v) is 4.08. The summed E-state index contributed by atoms with van der Waals surface area (Å²) < 4.78 is 0. The lowest BCUT2D eigenvalue weighted by Crippen LogP contribution is -2.03. The van der Waals surface area contributed by atoms with E-state index >= 15 is 0 Å². The lowest BCUT2D eigenvalue weighted by molar-refractivity contribution is 0.758. The number of benzene rings is 1. The molecule has 0 fully saturated rings. The summed E-state index contributed by atoms with van der Waals surface area (Å²) in [7, 11) is 0. The predicted octanol–water partition coefficient (Wildman–Crippen LogP) is 0.911. The minimum Gasteiger partial charge on any atom is -0.399 e. The lowest BCUT2D eigenvalue weighted by atomic mass is 10.1. The zero-order valence-corrected chi connectivity index (χ0v) is 9.27. The van der Waals surface area contributed by atoms with E-state index in [1.807, 2.05) is 24.3 Å². The molecule has 0 atom stereocenters. The van der Waals surface area contributed by atoms with Gasteiger partial charge in [-0.05, 0) is 24.3 Å². The Morgan fingerprint density at radius 1 is 1.00 bits per heavy atom. The highest BCUT2D eigenvalue weighted by molar-refractivity contribution is 5.61. The van der Waals surface area contributed by atoms with Crippen molar-refractivity contribution in [3.8, 4) is 11.4 Å². The number of aromatic nitrogens is 2. The Balaban J connectivity index is 2.10. The predicted molar refractivity (Wildman–Crippen MR) is 66.8 cm³/mol. The van der Waals surface area contributed by atoms with Crippen LogP contribution in [0.5, 0.6) is 0 Å². The van der Waals surface area contributed by atoms with Crippen molar-refractivity contribution in [3.05, 3.63) is 35.5 Å². The minimum atomic E-state index is 0.562. The second-order valence-electron chi connectivity index (χ2n) is 4.08. The van der Waals surface area contributed by atoms with Gasteiger partial charge in [0.2, 0.25) is 0 Å². The first kappa shape index (κ1) is 10.0. The van der Waals surface area contributed by atoms with Gasteiger partial charge in [-0.1, -0.05) is 0 Å². The maximum Gasteiger partial charge on any atom is 0.161 e. The molecule has 1 aliphatic rings. The summed E-state index contributed by atoms with van der Waals surface area (Å²) in [6.07, 6.45) is 0. The van der Waals surface area contributed by atoms with Crippen LogP contribution in [0, 0.1) is 0 Å². The van der Waals surface area contributed by atoms with Gasteiger partial charge in [-0.25, -0.2) is 9.97 Å². The van der Waals surface area contributed by atoms with Gasteiger partial charge in [0.1, 0.15) is 5.82 Å². The molecule has 1 aromatic heterocycles. The van der Waals surface area contributed by atoms with E-state index in [1.54, 1.807) is 0 Å². The van der Waals surface area contributed by atoms with Gasteiger partial charge >= 0.3 is 0 Å². The number of hydrogen-bond acceptors (Lipinski definition) is 5. The molecule has 0 spiro atoms. The molecule has 5 nitrogen and oxygen atoms in total. The van der Waals surface area contributed by atoms with E-state index < -0.39 is 0 Å². The molecule has 0 saturated heterocycles. The first-order valence-corrected chi connectivity index (χ1v) is 5.46. The molecule has 1 aliphatic heterocycles. The number of rotatable bonds is 1. The monoisotopic (exact) mass is 227 g/mol. The fourth-order valence-corrected chi connectivity index (χ4v) is 1.96. The largest absolute Gasteiger partial charge is 0.399 e. The van der Waals surface area contributed by atoms with Crippen LogP contribution >= 0.6 is 0 Å². The summed E-state index contributed by atoms with van der Waals surface area (Å²) in [4.78, 5) is 8.85. The van der Waals surface area contributed by atoms with Crippen LogP contribution in [0.25, 0.3) is 11.4 Å². The summed E-state index contributed by atoms with van der Waals surface area (Å²) >= 11 is 0. The zero-order chi connectivity index (χ0) is 11.8. The summed E-state index contributed by atoms with van der Waals surface area (Å²) in [6.45, 7) is 1.51. The minimum absolute atomic E-state index is 0.562. The smallest absolute Gasteiger partial charge is 0.161 e. The average molecular weight is 227 g/mol. The van der Waals surface area contributed by atoms with Crippen molar-refractivity contribution >= 4 is 11.5 Å². The molecule has 86 valence electrons. The van der Waals surface area contributed by atoms with Crippen molar-refractivity contribution in [2.75, 3.05) is 11.5 Å². The van der Waals surface area contributed by atoms with E-state index in [0.29, 0.717) is 11.6 Å². The summed E-state index contributed by atoms with van der Waals surface area (Å²) in [6, 6.07) is 7.47. The van der Waals surface area contributed by atoms with E-state index in [2.05, 4.69) is 15.3 Å². The van der Waals surface area contributed by atoms with Gasteiger partial charge in [-0.2, -0.15) is 0 Å². The number of nitrogens with two attached hydrogens (primary N) is 2. The topological polar surface area (TPSA) is 89.8 Å². The lowest BCUT2D eigenvalue weighted by Gasteiger charge is -2.06. The third-order valence-electron chi connectivity index (χ3n) is 2.89. The highest BCUT2D eigenvalue weighted by Gasteiger charge is 2.17. The van der Waals surface area contributed by atoms with Gasteiger partial charge in [0.05, 0.1) is 5.69 Å². The highest BCUT2D eigenvalue weighted by Crippen LogP contribution is 2.24. The third kappa shape index (κ3) is 1.70. The Hall–Kier alpha value is -2.14. The maximum atomic E-state index is 5.92. The Kier molecular flexibility index (Phi) is 2.19. The molecule has 0 radical (unpaired) electrons. The van der Waals surface area contributed by atoms with Gasteiger partial charge in [-0.15, -0.1) is 0 Å². The van der Waals surface area contributed by atoms with Crippen molar-refractivity contribution in [3.63, 3.8) is 0 Å². The number of nitrogen functional groups attached to an aromatic ring is 2. The Morgan fingerprint density at radius 3 is 2.53 bits per heavy atom. The van der Waals surface area contributed by atoms with Crippen LogP contribution in [0.1, 0.15) is 11.3 Å². The van der Waals surface area contributed by atoms with Crippen LogP contribution in [-0.2, 0) is 13.1 Å². The molecule has 0 aliphatic carbocycles. The van der Waals surface area contributed by atoms with Gasteiger partial charge < -0.3 is 16.8 Å². The number of hydrogen-bond donors (Lipinski definition) is 3. The molecule has 0 unspecified atom stereocenters. The molecule has 1 aromatic carbocycles. The molecular weight excluding hydrogens is 214 g/mol. The number of nitrogens with zero attached hydrogens (tertiary/aromatic N) is 2. The molecule has 0 bridgehead atoms. The molecule has 0 amide bonds. The van der Waals surface area contributed by atoms with E-state index in [-0.39, 0.29) is 0 Å². The van der Waals surface area contributed by atoms with Crippen molar-refractivity contribution < 1.29 is 0 Å². The van der Waals surface area contributed by atoms with Crippen LogP contribution in [0.4, 0.5) is 11.5 Å². The molecule has 17 heavy (non-hydrogen) atoms. The summed E-state index contributed by atoms with van der Waals surface area (Å²) in [5.74, 6) is 1.22. The fraction of sp³-hybridized carbons (Fsp3) is 0.167. The number of fused-ring (bicyclic) bond motifs is 1. The first-order chi connectivity index (χ1) is 8.24. The van der Waals surface area contributed by atoms with E-state index in [0.717, 1.165) is 35.6 Å². The van der Waals surface area contributed by atoms with Crippen LogP contribution < -0.4 is 16.8 Å². The van der Waals surface area contributed by atoms with Crippen molar-refractivity contribution in [2.24, 2.45) is 0 Å². The summed E-state index contributed by atoms with van der Waals surface area (Å²) in [5.41, 5.74) is 15.2. The molecule has 2 aromatic rings. The molecule has 3 rings (SSSR count). The quantitative estimate of drug-likeness (QED) is 0.630. The van der Waals surface area contributed by atoms with E-state index in [1.165, 1.54) is 0 Å². The maximum absolute atomic E-state index is 5.92. The fourth-order valence-electron chi connectivity index (χ4n) is 1.96. The third-order valence-corrected chi connectivity index (χ3v) is 2.89. The molecule has 2 heterocycles. The SMILES string of the molecule is Nc1ccc(-c2nc(N)c3c(n2)CNC3)cc1. The van der Waals surface area contributed by atoms with Crippen molar-refractivity contribution in [1.82, 2.24) is 15.3 Å². The van der Waals surface area contributed by atoms with Gasteiger partial charge in [-0.3, -0.25) is 0 Å². The van der Waals surface area contributed by atoms with E-state index in [4.69, 9.17) is 11.5 Å². The van der Waals surface area contributed by atoms with Crippen LogP contribution in [0.3, 0.4) is 0 Å². The number of nitrogens with one attached hydrogen (secondary N) is 1. The molecule has 0 saturated carbocycles. The van der Waals surface area contributed by atoms with Crippen LogP contribution in [0.15, 0.2) is 24.3 Å². The van der Waals surface area contributed by atoms with Crippen LogP contribution in [0.2, 0.25) is 0 Å². The second kappa shape index (κ2) is 3.71. The van der Waals surface area contributed by atoms with Crippen molar-refractivity contribution in [2.45, 2.75) is 13.1 Å². The van der Waals surface area contributed by atoms with Gasteiger partial charge in [0, 0.05) is 29.9 Å². The van der Waals surface area contributed by atoms with Gasteiger partial charge in [0.25, 0.3) is 0 Å². The molecule has 5 N–H and O–H groups in total.